The van der Waals surface area contributed by atoms with E-state index < -0.39 is 23.5 Å². The molecule has 0 aliphatic carbocycles. The molecule has 11 aromatic rings. The standard InChI is InChI=1S/C52H30F6N2O2/c53-51(54,55)35-13-19-39(20-14-35)59(37-7-3-1-4-8-37)41-17-11-31-27-43-47(29-33(31)25-41)61-45-23-24-46-50(49(43)45)44-28-32-12-18-42(26-34(32)30-48(44)62-46)60(38-9-5-2-6-10-38)40-21-15-36(16-22-40)52(56,57)58/h1-30H. The highest BCUT2D eigenvalue weighted by Gasteiger charge is 2.31. The largest absolute Gasteiger partial charge is 0.456 e. The molecular formula is C52H30F6N2O2. The number of benzene rings is 9. The molecule has 62 heavy (non-hydrogen) atoms. The number of halogens is 6. The van der Waals surface area contributed by atoms with Crippen molar-refractivity contribution in [3.05, 3.63) is 193 Å². The summed E-state index contributed by atoms with van der Waals surface area (Å²) in [4.78, 5) is 3.84. The SMILES string of the molecule is FC(F)(F)c1ccc(N(c2ccccc2)c2ccc3cc4c(cc3c2)oc2ccc3oc5cc6cc(N(c7ccccc7)c7ccc(C(F)(F)F)cc7)ccc6cc5c3c24)cc1. The zero-order chi connectivity index (χ0) is 42.3. The lowest BCUT2D eigenvalue weighted by atomic mass is 10.0. The average molecular weight is 829 g/mol. The van der Waals surface area contributed by atoms with Gasteiger partial charge in [0.2, 0.25) is 0 Å². The fourth-order valence-corrected chi connectivity index (χ4v) is 8.52. The molecule has 0 saturated heterocycles. The summed E-state index contributed by atoms with van der Waals surface area (Å²) in [5.41, 5.74) is 5.57. The van der Waals surface area contributed by atoms with Gasteiger partial charge in [-0.3, -0.25) is 0 Å². The van der Waals surface area contributed by atoms with Crippen LogP contribution in [0.3, 0.4) is 0 Å². The van der Waals surface area contributed by atoms with Gasteiger partial charge in [-0.25, -0.2) is 0 Å². The molecule has 0 amide bonds. The first-order valence-corrected chi connectivity index (χ1v) is 19.7. The van der Waals surface area contributed by atoms with Crippen LogP contribution >= 0.6 is 0 Å². The normalized spacial score (nSPS) is 12.4. The van der Waals surface area contributed by atoms with Gasteiger partial charge >= 0.3 is 12.4 Å². The summed E-state index contributed by atoms with van der Waals surface area (Å²) >= 11 is 0. The highest BCUT2D eigenvalue weighted by molar-refractivity contribution is 6.27. The molecule has 0 aliphatic rings. The molecule has 0 bridgehead atoms. The van der Waals surface area contributed by atoms with Gasteiger partial charge in [-0.1, -0.05) is 48.5 Å². The zero-order valence-electron chi connectivity index (χ0n) is 32.3. The van der Waals surface area contributed by atoms with Gasteiger partial charge in [0.15, 0.2) is 0 Å². The second-order valence-corrected chi connectivity index (χ2v) is 15.2. The number of anilines is 6. The Morgan fingerprint density at radius 3 is 1.03 bits per heavy atom. The molecule has 11 rings (SSSR count). The Kier molecular flexibility index (Phi) is 8.37. The minimum atomic E-state index is -4.45. The highest BCUT2D eigenvalue weighted by atomic mass is 19.4. The number of furan rings is 2. The van der Waals surface area contributed by atoms with E-state index >= 15 is 0 Å². The van der Waals surface area contributed by atoms with Crippen molar-refractivity contribution in [3.8, 4) is 0 Å². The maximum Gasteiger partial charge on any atom is 0.416 e. The van der Waals surface area contributed by atoms with Gasteiger partial charge in [0.1, 0.15) is 22.3 Å². The molecule has 9 aromatic carbocycles. The highest BCUT2D eigenvalue weighted by Crippen LogP contribution is 2.45. The maximum atomic E-state index is 13.5. The first-order valence-electron chi connectivity index (χ1n) is 19.7. The van der Waals surface area contributed by atoms with Gasteiger partial charge < -0.3 is 18.6 Å². The molecule has 0 atom stereocenters. The van der Waals surface area contributed by atoms with Crippen molar-refractivity contribution in [1.29, 1.82) is 0 Å². The Morgan fingerprint density at radius 1 is 0.306 bits per heavy atom. The molecule has 0 spiro atoms. The molecule has 10 heteroatoms. The van der Waals surface area contributed by atoms with Gasteiger partial charge in [0, 0.05) is 55.7 Å². The predicted molar refractivity (Wildman–Crippen MR) is 235 cm³/mol. The lowest BCUT2D eigenvalue weighted by molar-refractivity contribution is -0.138. The van der Waals surface area contributed by atoms with Crippen LogP contribution in [0.2, 0.25) is 0 Å². The van der Waals surface area contributed by atoms with Crippen molar-refractivity contribution in [2.75, 3.05) is 9.80 Å². The number of hydrogen-bond donors (Lipinski definition) is 0. The lowest BCUT2D eigenvalue weighted by Crippen LogP contribution is -2.11. The van der Waals surface area contributed by atoms with Crippen molar-refractivity contribution in [2.45, 2.75) is 12.4 Å². The number of fused-ring (bicyclic) bond motifs is 9. The Bertz CT molecular complexity index is 3250. The molecule has 302 valence electrons. The van der Waals surface area contributed by atoms with E-state index in [0.29, 0.717) is 33.7 Å². The number of rotatable bonds is 6. The Balaban J connectivity index is 1.01. The van der Waals surface area contributed by atoms with Crippen molar-refractivity contribution >= 4 is 99.5 Å². The van der Waals surface area contributed by atoms with Crippen LogP contribution < -0.4 is 9.80 Å². The van der Waals surface area contributed by atoms with Crippen LogP contribution in [0.4, 0.5) is 60.5 Å². The number of alkyl halides is 6. The van der Waals surface area contributed by atoms with Crippen molar-refractivity contribution in [2.24, 2.45) is 0 Å². The third-order valence-corrected chi connectivity index (χ3v) is 11.4. The van der Waals surface area contributed by atoms with Gasteiger partial charge in [0.25, 0.3) is 0 Å². The second kappa shape index (κ2) is 13.9. The summed E-state index contributed by atoms with van der Waals surface area (Å²) in [6.45, 7) is 0. The molecule has 2 heterocycles. The molecule has 2 aromatic heterocycles. The number of para-hydroxylation sites is 2. The van der Waals surface area contributed by atoms with E-state index in [1.165, 1.54) is 24.3 Å². The lowest BCUT2D eigenvalue weighted by Gasteiger charge is -2.26. The summed E-state index contributed by atoms with van der Waals surface area (Å²) < 4.78 is 93.8. The Hall–Kier alpha value is -7.72. The van der Waals surface area contributed by atoms with Crippen molar-refractivity contribution < 1.29 is 35.2 Å². The second-order valence-electron chi connectivity index (χ2n) is 15.2. The molecule has 0 saturated carbocycles. The predicted octanol–water partition coefficient (Wildman–Crippen LogP) is 16.8. The summed E-state index contributed by atoms with van der Waals surface area (Å²) in [6, 6.07) is 53.2. The van der Waals surface area contributed by atoms with Crippen LogP contribution in [0.15, 0.2) is 191 Å². The molecule has 0 radical (unpaired) electrons. The van der Waals surface area contributed by atoms with Crippen LogP contribution in [0, 0.1) is 0 Å². The Morgan fingerprint density at radius 2 is 0.661 bits per heavy atom. The van der Waals surface area contributed by atoms with E-state index in [-0.39, 0.29) is 0 Å². The van der Waals surface area contributed by atoms with Crippen molar-refractivity contribution in [3.63, 3.8) is 0 Å². The van der Waals surface area contributed by atoms with Crippen LogP contribution in [0.5, 0.6) is 0 Å². The van der Waals surface area contributed by atoms with Crippen molar-refractivity contribution in [1.82, 2.24) is 0 Å². The first kappa shape index (κ1) is 37.3. The minimum Gasteiger partial charge on any atom is -0.456 e. The summed E-state index contributed by atoms with van der Waals surface area (Å²) in [7, 11) is 0. The molecule has 4 nitrogen and oxygen atoms in total. The molecule has 0 fully saturated rings. The van der Waals surface area contributed by atoms with E-state index in [1.807, 2.05) is 131 Å². The monoisotopic (exact) mass is 828 g/mol. The summed E-state index contributed by atoms with van der Waals surface area (Å²) in [5, 5.41) is 7.29. The zero-order valence-corrected chi connectivity index (χ0v) is 32.3. The quantitative estimate of drug-likeness (QED) is 0.156. The molecule has 0 unspecified atom stereocenters. The first-order chi connectivity index (χ1) is 30.0. The molecule has 0 N–H and O–H groups in total. The van der Waals surface area contributed by atoms with Gasteiger partial charge in [-0.2, -0.15) is 26.3 Å². The van der Waals surface area contributed by atoms with Crippen LogP contribution in [-0.2, 0) is 12.4 Å². The number of hydrogen-bond acceptors (Lipinski definition) is 4. The van der Waals surface area contributed by atoms with E-state index in [2.05, 4.69) is 12.1 Å². The third-order valence-electron chi connectivity index (χ3n) is 11.4. The summed E-state index contributed by atoms with van der Waals surface area (Å²) in [5.74, 6) is 0. The smallest absolute Gasteiger partial charge is 0.416 e. The van der Waals surface area contributed by atoms with E-state index in [0.717, 1.165) is 90.1 Å². The Labute approximate surface area is 349 Å². The molecule has 0 aliphatic heterocycles. The molecular weight excluding hydrogens is 799 g/mol. The van der Waals surface area contributed by atoms with Gasteiger partial charge in [0.05, 0.1) is 11.1 Å². The van der Waals surface area contributed by atoms with Gasteiger partial charge in [-0.15, -0.1) is 0 Å². The van der Waals surface area contributed by atoms with Crippen LogP contribution in [-0.4, -0.2) is 0 Å². The topological polar surface area (TPSA) is 32.8 Å². The van der Waals surface area contributed by atoms with E-state index in [4.69, 9.17) is 8.83 Å². The fourth-order valence-electron chi connectivity index (χ4n) is 8.52. The average Bonchev–Trinajstić information content (AvgIpc) is 3.82. The minimum absolute atomic E-state index is 0.582. The van der Waals surface area contributed by atoms with Crippen LogP contribution in [0.25, 0.3) is 65.4 Å². The maximum absolute atomic E-state index is 13.5. The number of nitrogens with zero attached hydrogens (tertiary/aromatic N) is 2. The van der Waals surface area contributed by atoms with E-state index in [1.54, 1.807) is 0 Å². The van der Waals surface area contributed by atoms with Crippen LogP contribution in [0.1, 0.15) is 11.1 Å². The van der Waals surface area contributed by atoms with E-state index in [9.17, 15) is 26.3 Å². The van der Waals surface area contributed by atoms with Gasteiger partial charge in [-0.05, 0) is 155 Å². The fraction of sp³-hybridized carbons (Fsp3) is 0.0385. The third kappa shape index (κ3) is 6.34. The summed E-state index contributed by atoms with van der Waals surface area (Å²) in [6.07, 6.45) is -8.89.